The quantitative estimate of drug-likeness (QED) is 0.535. The number of hydrogen-bond acceptors (Lipinski definition) is 3. The minimum absolute atomic E-state index is 0.265. The van der Waals surface area contributed by atoms with Crippen LogP contribution >= 0.6 is 0 Å². The highest BCUT2D eigenvalue weighted by atomic mass is 16.7. The summed E-state index contributed by atoms with van der Waals surface area (Å²) in [6, 6.07) is 8.08. The molecule has 3 heteroatoms. The van der Waals surface area contributed by atoms with Gasteiger partial charge in [0.15, 0.2) is 0 Å². The molecule has 0 bridgehead atoms. The van der Waals surface area contributed by atoms with E-state index in [4.69, 9.17) is 9.47 Å². The molecule has 1 aliphatic rings. The molecule has 0 saturated carbocycles. The van der Waals surface area contributed by atoms with Crippen molar-refractivity contribution in [3.05, 3.63) is 46.7 Å². The highest BCUT2D eigenvalue weighted by Gasteiger charge is 2.13. The fourth-order valence-electron chi connectivity index (χ4n) is 1.40. The number of rotatable bonds is 1. The van der Waals surface area contributed by atoms with E-state index in [2.05, 4.69) is 11.8 Å². The van der Waals surface area contributed by atoms with Gasteiger partial charge in [0.05, 0.1) is 0 Å². The molecule has 0 aliphatic carbocycles. The molecular weight excluding hydrogens is 204 g/mol. The van der Waals surface area contributed by atoms with Crippen LogP contribution in [0.25, 0.3) is 6.08 Å². The molecule has 1 heterocycles. The third-order valence-electron chi connectivity index (χ3n) is 2.21. The number of carbonyl (C=O) groups excluding carboxylic acids is 1. The van der Waals surface area contributed by atoms with Crippen LogP contribution in [0.4, 0.5) is 4.79 Å². The fourth-order valence-corrected chi connectivity index (χ4v) is 1.40. The predicted molar refractivity (Wildman–Crippen MR) is 60.0 cm³/mol. The van der Waals surface area contributed by atoms with Gasteiger partial charge in [0.1, 0.15) is 13.2 Å². The lowest BCUT2D eigenvalue weighted by Crippen LogP contribution is -2.19. The van der Waals surface area contributed by atoms with Gasteiger partial charge in [0.2, 0.25) is 0 Å². The van der Waals surface area contributed by atoms with Crippen molar-refractivity contribution < 1.29 is 14.3 Å². The van der Waals surface area contributed by atoms with Crippen LogP contribution in [0.2, 0.25) is 0 Å². The molecular formula is C13H12O3. The van der Waals surface area contributed by atoms with E-state index in [9.17, 15) is 4.79 Å². The van der Waals surface area contributed by atoms with E-state index < -0.39 is 6.16 Å². The van der Waals surface area contributed by atoms with Gasteiger partial charge in [-0.05, 0) is 18.6 Å². The lowest BCUT2D eigenvalue weighted by molar-refractivity contribution is 0.0439. The first-order valence-electron chi connectivity index (χ1n) is 5.05. The first kappa shape index (κ1) is 10.5. The van der Waals surface area contributed by atoms with Crippen LogP contribution in [0.5, 0.6) is 0 Å². The zero-order chi connectivity index (χ0) is 11.4. The van der Waals surface area contributed by atoms with Gasteiger partial charge in [0, 0.05) is 5.57 Å². The van der Waals surface area contributed by atoms with Gasteiger partial charge < -0.3 is 9.47 Å². The van der Waals surface area contributed by atoms with Crippen molar-refractivity contribution in [3.8, 4) is 0 Å². The summed E-state index contributed by atoms with van der Waals surface area (Å²) < 4.78 is 9.44. The molecule has 0 atom stereocenters. The summed E-state index contributed by atoms with van der Waals surface area (Å²) in [6.45, 7) is 2.57. The van der Waals surface area contributed by atoms with E-state index in [1.54, 1.807) is 0 Å². The maximum absolute atomic E-state index is 10.6. The van der Waals surface area contributed by atoms with Crippen molar-refractivity contribution in [2.45, 2.75) is 6.92 Å². The summed E-state index contributed by atoms with van der Waals surface area (Å²) in [5.41, 5.74) is 6.18. The summed E-state index contributed by atoms with van der Waals surface area (Å²) >= 11 is 0. The Morgan fingerprint density at radius 3 is 2.75 bits per heavy atom. The van der Waals surface area contributed by atoms with Crippen molar-refractivity contribution in [3.63, 3.8) is 0 Å². The van der Waals surface area contributed by atoms with E-state index in [0.717, 1.165) is 11.1 Å². The van der Waals surface area contributed by atoms with E-state index in [-0.39, 0.29) is 13.2 Å². The second-order valence-electron chi connectivity index (χ2n) is 3.63. The first-order valence-corrected chi connectivity index (χ1v) is 5.05. The summed E-state index contributed by atoms with van der Waals surface area (Å²) in [5.74, 6) is 0. The largest absolute Gasteiger partial charge is 0.508 e. The Hall–Kier alpha value is -1.99. The van der Waals surface area contributed by atoms with Crippen molar-refractivity contribution >= 4 is 12.2 Å². The van der Waals surface area contributed by atoms with E-state index in [1.165, 1.54) is 5.56 Å². The van der Waals surface area contributed by atoms with Gasteiger partial charge in [-0.25, -0.2) is 4.79 Å². The molecule has 0 aromatic heterocycles. The van der Waals surface area contributed by atoms with E-state index in [1.807, 2.05) is 31.2 Å². The lowest BCUT2D eigenvalue weighted by Gasteiger charge is -2.12. The third-order valence-corrected chi connectivity index (χ3v) is 2.21. The van der Waals surface area contributed by atoms with Gasteiger partial charge in [0.25, 0.3) is 0 Å². The molecule has 1 saturated heterocycles. The second kappa shape index (κ2) is 4.69. The minimum Gasteiger partial charge on any atom is -0.429 e. The van der Waals surface area contributed by atoms with Crippen molar-refractivity contribution in [2.75, 3.05) is 13.2 Å². The molecule has 0 N–H and O–H groups in total. The summed E-state index contributed by atoms with van der Waals surface area (Å²) in [7, 11) is 0. The Morgan fingerprint density at radius 1 is 1.31 bits per heavy atom. The van der Waals surface area contributed by atoms with E-state index in [0.29, 0.717) is 0 Å². The van der Waals surface area contributed by atoms with Gasteiger partial charge >= 0.3 is 6.16 Å². The monoisotopic (exact) mass is 216 g/mol. The Labute approximate surface area is 94.0 Å². The molecule has 3 nitrogen and oxygen atoms in total. The molecule has 0 unspecified atom stereocenters. The Morgan fingerprint density at radius 2 is 2.06 bits per heavy atom. The van der Waals surface area contributed by atoms with Crippen LogP contribution in [-0.4, -0.2) is 19.4 Å². The van der Waals surface area contributed by atoms with Gasteiger partial charge in [-0.1, -0.05) is 29.8 Å². The van der Waals surface area contributed by atoms with Crippen LogP contribution < -0.4 is 0 Å². The average Bonchev–Trinajstić information content (AvgIpc) is 2.28. The number of aryl methyl sites for hydroxylation is 1. The van der Waals surface area contributed by atoms with Crippen LogP contribution in [-0.2, 0) is 9.47 Å². The summed E-state index contributed by atoms with van der Waals surface area (Å²) in [4.78, 5) is 10.6. The second-order valence-corrected chi connectivity index (χ2v) is 3.63. The average molecular weight is 216 g/mol. The molecule has 82 valence electrons. The Bertz CT molecular complexity index is 456. The number of benzene rings is 1. The van der Waals surface area contributed by atoms with Crippen LogP contribution in [0, 0.1) is 6.92 Å². The number of hydrogen-bond donors (Lipinski definition) is 0. The third kappa shape index (κ3) is 2.75. The smallest absolute Gasteiger partial charge is 0.429 e. The fraction of sp³-hybridized carbons (Fsp3) is 0.231. The van der Waals surface area contributed by atoms with Crippen LogP contribution in [0.3, 0.4) is 0 Å². The number of cyclic esters (lactones) is 2. The van der Waals surface area contributed by atoms with Crippen LogP contribution in [0.1, 0.15) is 11.1 Å². The number of ether oxygens (including phenoxy) is 2. The highest BCUT2D eigenvalue weighted by Crippen LogP contribution is 2.08. The zero-order valence-corrected chi connectivity index (χ0v) is 9.03. The SMILES string of the molecule is Cc1cccc(C=C=C2COC(=O)OC2)c1. The molecule has 2 rings (SSSR count). The van der Waals surface area contributed by atoms with Crippen molar-refractivity contribution in [1.29, 1.82) is 0 Å². The van der Waals surface area contributed by atoms with E-state index >= 15 is 0 Å². The maximum Gasteiger partial charge on any atom is 0.508 e. The molecule has 1 aromatic rings. The lowest BCUT2D eigenvalue weighted by atomic mass is 10.1. The van der Waals surface area contributed by atoms with Crippen molar-refractivity contribution in [2.24, 2.45) is 0 Å². The zero-order valence-electron chi connectivity index (χ0n) is 9.03. The molecule has 1 aliphatic heterocycles. The van der Waals surface area contributed by atoms with Crippen molar-refractivity contribution in [1.82, 2.24) is 0 Å². The maximum atomic E-state index is 10.6. The molecule has 1 fully saturated rings. The van der Waals surface area contributed by atoms with Gasteiger partial charge in [-0.2, -0.15) is 0 Å². The van der Waals surface area contributed by atoms with Gasteiger partial charge in [-0.3, -0.25) is 0 Å². The summed E-state index contributed by atoms with van der Waals surface area (Å²) in [5, 5.41) is 0. The molecule has 0 spiro atoms. The molecule has 16 heavy (non-hydrogen) atoms. The predicted octanol–water partition coefficient (Wildman–Crippen LogP) is 2.70. The molecule has 0 radical (unpaired) electrons. The minimum atomic E-state index is -0.610. The first-order chi connectivity index (χ1) is 7.74. The normalized spacial score (nSPS) is 14.8. The highest BCUT2D eigenvalue weighted by molar-refractivity contribution is 5.62. The molecule has 0 amide bonds. The number of carbonyl (C=O) groups is 1. The van der Waals surface area contributed by atoms with Gasteiger partial charge in [-0.15, -0.1) is 5.73 Å². The topological polar surface area (TPSA) is 35.5 Å². The Balaban J connectivity index is 2.14. The molecule has 1 aromatic carbocycles. The van der Waals surface area contributed by atoms with Crippen LogP contribution in [0.15, 0.2) is 35.6 Å². The Kier molecular flexibility index (Phi) is 3.08. The standard InChI is InChI=1S/C13H12O3/c1-10-3-2-4-11(7-10)5-6-12-8-15-13(14)16-9-12/h2-5,7H,8-9H2,1H3. The summed E-state index contributed by atoms with van der Waals surface area (Å²) in [6.07, 6.45) is 1.26.